The van der Waals surface area contributed by atoms with Gasteiger partial charge in [0.2, 0.25) is 10.0 Å². The molecule has 2 aliphatic heterocycles. The van der Waals surface area contributed by atoms with E-state index >= 15 is 0 Å². The lowest BCUT2D eigenvalue weighted by Gasteiger charge is -2.35. The first-order valence-electron chi connectivity index (χ1n) is 9.89. The molecule has 3 atom stereocenters. The standard InChI is InChI=1S/C20H30N2O4S/c1-4-18-7-5-6-12-22(18)20(23)17-8-10-19(11-9-17)27(24,25)21-13-15(2)26-16(3)14-21/h8-11,15-16,18H,4-7,12-14H2,1-3H3. The van der Waals surface area contributed by atoms with E-state index in [0.29, 0.717) is 18.7 Å². The molecular weight excluding hydrogens is 364 g/mol. The highest BCUT2D eigenvalue weighted by atomic mass is 32.2. The molecule has 0 spiro atoms. The fourth-order valence-electron chi connectivity index (χ4n) is 4.10. The average Bonchev–Trinajstić information content (AvgIpc) is 2.66. The molecule has 2 saturated heterocycles. The Labute approximate surface area is 162 Å². The lowest BCUT2D eigenvalue weighted by atomic mass is 9.99. The predicted octanol–water partition coefficient (Wildman–Crippen LogP) is 2.89. The molecule has 6 nitrogen and oxygen atoms in total. The zero-order chi connectivity index (χ0) is 19.6. The van der Waals surface area contributed by atoms with Crippen LogP contribution in [0.15, 0.2) is 29.2 Å². The monoisotopic (exact) mass is 394 g/mol. The lowest BCUT2D eigenvalue weighted by molar-refractivity contribution is -0.0440. The maximum Gasteiger partial charge on any atom is 0.254 e. The third kappa shape index (κ3) is 4.36. The summed E-state index contributed by atoms with van der Waals surface area (Å²) in [6.07, 6.45) is 3.93. The number of benzene rings is 1. The van der Waals surface area contributed by atoms with Crippen LogP contribution in [0.25, 0.3) is 0 Å². The summed E-state index contributed by atoms with van der Waals surface area (Å²) in [5.74, 6) is -0.000820. The zero-order valence-corrected chi connectivity index (χ0v) is 17.2. The van der Waals surface area contributed by atoms with Crippen molar-refractivity contribution in [3.05, 3.63) is 29.8 Å². The van der Waals surface area contributed by atoms with E-state index in [9.17, 15) is 13.2 Å². The summed E-state index contributed by atoms with van der Waals surface area (Å²) in [7, 11) is -3.58. The number of rotatable bonds is 4. The molecule has 27 heavy (non-hydrogen) atoms. The maximum absolute atomic E-state index is 12.9. The van der Waals surface area contributed by atoms with Gasteiger partial charge >= 0.3 is 0 Å². The van der Waals surface area contributed by atoms with Crippen molar-refractivity contribution >= 4 is 15.9 Å². The van der Waals surface area contributed by atoms with E-state index in [1.54, 1.807) is 24.3 Å². The summed E-state index contributed by atoms with van der Waals surface area (Å²) in [5, 5.41) is 0. The number of morpholine rings is 1. The SMILES string of the molecule is CCC1CCCCN1C(=O)c1ccc(S(=O)(=O)N2CC(C)OC(C)C2)cc1. The van der Waals surface area contributed by atoms with Gasteiger partial charge in [0.1, 0.15) is 0 Å². The minimum absolute atomic E-state index is 0.000820. The molecule has 1 amide bonds. The molecule has 1 aromatic rings. The average molecular weight is 395 g/mol. The van der Waals surface area contributed by atoms with Crippen molar-refractivity contribution in [2.45, 2.75) is 69.6 Å². The van der Waals surface area contributed by atoms with E-state index < -0.39 is 10.0 Å². The number of piperidine rings is 1. The first-order valence-corrected chi connectivity index (χ1v) is 11.3. The Morgan fingerprint density at radius 3 is 2.33 bits per heavy atom. The van der Waals surface area contributed by atoms with Gasteiger partial charge in [-0.3, -0.25) is 4.79 Å². The molecule has 1 aromatic carbocycles. The quantitative estimate of drug-likeness (QED) is 0.788. The molecule has 0 saturated carbocycles. The van der Waals surface area contributed by atoms with E-state index in [0.717, 1.165) is 32.2 Å². The van der Waals surface area contributed by atoms with Crippen molar-refractivity contribution in [3.63, 3.8) is 0 Å². The second kappa shape index (κ2) is 8.29. The molecule has 2 fully saturated rings. The third-order valence-electron chi connectivity index (χ3n) is 5.48. The van der Waals surface area contributed by atoms with Gasteiger partial charge in [-0.25, -0.2) is 8.42 Å². The van der Waals surface area contributed by atoms with Gasteiger partial charge in [0, 0.05) is 31.2 Å². The number of hydrogen-bond acceptors (Lipinski definition) is 4. The molecule has 7 heteroatoms. The van der Waals surface area contributed by atoms with Crippen LogP contribution in [0.2, 0.25) is 0 Å². The smallest absolute Gasteiger partial charge is 0.254 e. The molecule has 0 aromatic heterocycles. The Bertz CT molecular complexity index is 753. The molecule has 2 aliphatic rings. The summed E-state index contributed by atoms with van der Waals surface area (Å²) in [6, 6.07) is 6.68. The second-order valence-corrected chi connectivity index (χ2v) is 9.60. The zero-order valence-electron chi connectivity index (χ0n) is 16.4. The van der Waals surface area contributed by atoms with E-state index in [1.165, 1.54) is 4.31 Å². The van der Waals surface area contributed by atoms with Crippen molar-refractivity contribution in [1.82, 2.24) is 9.21 Å². The molecule has 0 aliphatic carbocycles. The lowest BCUT2D eigenvalue weighted by Crippen LogP contribution is -2.48. The Balaban J connectivity index is 1.77. The van der Waals surface area contributed by atoms with Crippen LogP contribution < -0.4 is 0 Å². The summed E-state index contributed by atoms with van der Waals surface area (Å²) in [5.41, 5.74) is 0.554. The van der Waals surface area contributed by atoms with Gasteiger partial charge in [0.25, 0.3) is 5.91 Å². The van der Waals surface area contributed by atoms with Gasteiger partial charge in [-0.15, -0.1) is 0 Å². The van der Waals surface area contributed by atoms with Gasteiger partial charge in [0.15, 0.2) is 0 Å². The molecule has 2 heterocycles. The Morgan fingerprint density at radius 2 is 1.74 bits per heavy atom. The Morgan fingerprint density at radius 1 is 1.11 bits per heavy atom. The van der Waals surface area contributed by atoms with Gasteiger partial charge in [-0.2, -0.15) is 4.31 Å². The number of sulfonamides is 1. The number of hydrogen-bond donors (Lipinski definition) is 0. The largest absolute Gasteiger partial charge is 0.373 e. The Kier molecular flexibility index (Phi) is 6.23. The number of likely N-dealkylation sites (tertiary alicyclic amines) is 1. The number of nitrogens with zero attached hydrogens (tertiary/aromatic N) is 2. The van der Waals surface area contributed by atoms with Gasteiger partial charge in [0.05, 0.1) is 17.1 Å². The predicted molar refractivity (Wildman–Crippen MR) is 104 cm³/mol. The van der Waals surface area contributed by atoms with Crippen molar-refractivity contribution in [3.8, 4) is 0 Å². The van der Waals surface area contributed by atoms with Crippen LogP contribution >= 0.6 is 0 Å². The minimum Gasteiger partial charge on any atom is -0.373 e. The van der Waals surface area contributed by atoms with Crippen LogP contribution in [-0.4, -0.2) is 61.4 Å². The first kappa shape index (κ1) is 20.3. The molecule has 3 rings (SSSR count). The molecular formula is C20H30N2O4S. The van der Waals surface area contributed by atoms with Crippen LogP contribution in [0.4, 0.5) is 0 Å². The number of carbonyl (C=O) groups excluding carboxylic acids is 1. The highest BCUT2D eigenvalue weighted by Gasteiger charge is 2.32. The molecule has 3 unspecified atom stereocenters. The van der Waals surface area contributed by atoms with Crippen LogP contribution in [0.1, 0.15) is 56.8 Å². The maximum atomic E-state index is 12.9. The van der Waals surface area contributed by atoms with E-state index in [4.69, 9.17) is 4.74 Å². The third-order valence-corrected chi connectivity index (χ3v) is 7.33. The molecule has 150 valence electrons. The van der Waals surface area contributed by atoms with Gasteiger partial charge in [-0.1, -0.05) is 6.92 Å². The van der Waals surface area contributed by atoms with Crippen molar-refractivity contribution in [1.29, 1.82) is 0 Å². The summed E-state index contributed by atoms with van der Waals surface area (Å²) >= 11 is 0. The van der Waals surface area contributed by atoms with Crippen molar-refractivity contribution in [2.24, 2.45) is 0 Å². The summed E-state index contributed by atoms with van der Waals surface area (Å²) < 4.78 is 33.0. The second-order valence-electron chi connectivity index (χ2n) is 7.66. The number of amides is 1. The van der Waals surface area contributed by atoms with Gasteiger partial charge < -0.3 is 9.64 Å². The molecule has 0 bridgehead atoms. The van der Waals surface area contributed by atoms with Gasteiger partial charge in [-0.05, 0) is 63.8 Å². The summed E-state index contributed by atoms with van der Waals surface area (Å²) in [6.45, 7) is 7.33. The fourth-order valence-corrected chi connectivity index (χ4v) is 5.69. The Hall–Kier alpha value is -1.44. The number of ether oxygens (including phenoxy) is 1. The number of carbonyl (C=O) groups is 1. The van der Waals surface area contributed by atoms with Crippen LogP contribution in [0.3, 0.4) is 0 Å². The molecule has 0 N–H and O–H groups in total. The van der Waals surface area contributed by atoms with Crippen LogP contribution in [0.5, 0.6) is 0 Å². The highest BCUT2D eigenvalue weighted by molar-refractivity contribution is 7.89. The van der Waals surface area contributed by atoms with Crippen LogP contribution in [0, 0.1) is 0 Å². The first-order chi connectivity index (χ1) is 12.8. The van der Waals surface area contributed by atoms with E-state index in [-0.39, 0.29) is 29.1 Å². The highest BCUT2D eigenvalue weighted by Crippen LogP contribution is 2.24. The van der Waals surface area contributed by atoms with Crippen LogP contribution in [-0.2, 0) is 14.8 Å². The summed E-state index contributed by atoms with van der Waals surface area (Å²) in [4.78, 5) is 15.0. The van der Waals surface area contributed by atoms with E-state index in [2.05, 4.69) is 6.92 Å². The fraction of sp³-hybridized carbons (Fsp3) is 0.650. The normalized spacial score (nSPS) is 27.5. The van der Waals surface area contributed by atoms with Crippen molar-refractivity contribution < 1.29 is 17.9 Å². The molecule has 0 radical (unpaired) electrons. The van der Waals surface area contributed by atoms with E-state index in [1.807, 2.05) is 18.7 Å². The topological polar surface area (TPSA) is 66.9 Å². The minimum atomic E-state index is -3.58. The van der Waals surface area contributed by atoms with Crippen molar-refractivity contribution in [2.75, 3.05) is 19.6 Å².